The molecular formula is C17H28N2O2S. The van der Waals surface area contributed by atoms with Gasteiger partial charge in [-0.3, -0.25) is 4.90 Å². The Kier molecular flexibility index (Phi) is 5.50. The van der Waals surface area contributed by atoms with E-state index in [1.54, 1.807) is 11.3 Å². The van der Waals surface area contributed by atoms with E-state index in [1.807, 2.05) is 0 Å². The summed E-state index contributed by atoms with van der Waals surface area (Å²) in [5.74, 6) is 0. The number of hydrogen-bond acceptors (Lipinski definition) is 5. The lowest BCUT2D eigenvalue weighted by Gasteiger charge is -2.39. The van der Waals surface area contributed by atoms with Gasteiger partial charge < -0.3 is 9.84 Å². The zero-order valence-electron chi connectivity index (χ0n) is 13.7. The van der Waals surface area contributed by atoms with E-state index in [9.17, 15) is 5.11 Å². The van der Waals surface area contributed by atoms with E-state index < -0.39 is 0 Å². The van der Waals surface area contributed by atoms with Crippen LogP contribution in [0, 0.1) is 0 Å². The summed E-state index contributed by atoms with van der Waals surface area (Å²) >= 11 is 1.72. The van der Waals surface area contributed by atoms with Gasteiger partial charge in [-0.05, 0) is 39.5 Å². The molecule has 3 atom stereocenters. The third-order valence-corrected chi connectivity index (χ3v) is 5.89. The minimum absolute atomic E-state index is 0.188. The molecule has 0 aromatic carbocycles. The van der Waals surface area contributed by atoms with Crippen molar-refractivity contribution in [3.63, 3.8) is 0 Å². The lowest BCUT2D eigenvalue weighted by Crippen LogP contribution is -2.48. The fourth-order valence-electron chi connectivity index (χ4n) is 3.66. The Hall–Kier alpha value is -0.490. The number of rotatable bonds is 5. The maximum atomic E-state index is 10.4. The summed E-state index contributed by atoms with van der Waals surface area (Å²) in [7, 11) is 0. The van der Waals surface area contributed by atoms with Gasteiger partial charge >= 0.3 is 0 Å². The highest BCUT2D eigenvalue weighted by molar-refractivity contribution is 7.09. The topological polar surface area (TPSA) is 45.6 Å². The van der Waals surface area contributed by atoms with Crippen LogP contribution in [0.15, 0.2) is 5.38 Å². The molecule has 4 nitrogen and oxygen atoms in total. The van der Waals surface area contributed by atoms with Crippen LogP contribution >= 0.6 is 11.3 Å². The molecule has 0 unspecified atom stereocenters. The first-order chi connectivity index (χ1) is 10.6. The minimum Gasteiger partial charge on any atom is -0.391 e. The summed E-state index contributed by atoms with van der Waals surface area (Å²) in [5.41, 5.74) is 1.13. The summed E-state index contributed by atoms with van der Waals surface area (Å²) in [5, 5.41) is 13.7. The second-order valence-electron chi connectivity index (χ2n) is 6.86. The molecule has 2 fully saturated rings. The minimum atomic E-state index is -0.188. The highest BCUT2D eigenvalue weighted by Crippen LogP contribution is 2.32. The van der Waals surface area contributed by atoms with Crippen molar-refractivity contribution in [1.29, 1.82) is 0 Å². The van der Waals surface area contributed by atoms with Gasteiger partial charge in [0.25, 0.3) is 0 Å². The van der Waals surface area contributed by atoms with Crippen LogP contribution in [0.25, 0.3) is 0 Å². The fraction of sp³-hybridized carbons (Fsp3) is 0.824. The fourth-order valence-corrected chi connectivity index (χ4v) is 4.56. The number of hydrogen-bond donors (Lipinski definition) is 1. The van der Waals surface area contributed by atoms with Gasteiger partial charge in [-0.1, -0.05) is 12.8 Å². The Morgan fingerprint density at radius 1 is 1.32 bits per heavy atom. The molecule has 0 radical (unpaired) electrons. The molecule has 1 saturated carbocycles. The van der Waals surface area contributed by atoms with Crippen molar-refractivity contribution < 1.29 is 9.84 Å². The predicted octanol–water partition coefficient (Wildman–Crippen LogP) is 3.51. The standard InChI is InChI=1S/C17H28N2O2S/c1-12(2)19(14-6-3-4-7-15(14)20)10-13-11-22-17(18-13)16-8-5-9-21-16/h11-12,14-16,20H,3-10H2,1-2H3/t14-,15-,16+/m1/s1. The number of thiazole rings is 1. The largest absolute Gasteiger partial charge is 0.391 e. The third-order valence-electron chi connectivity index (χ3n) is 4.90. The van der Waals surface area contributed by atoms with Gasteiger partial charge in [0.2, 0.25) is 0 Å². The van der Waals surface area contributed by atoms with Crippen LogP contribution in [-0.2, 0) is 11.3 Å². The van der Waals surface area contributed by atoms with Gasteiger partial charge in [-0.2, -0.15) is 0 Å². The molecule has 22 heavy (non-hydrogen) atoms. The number of nitrogens with zero attached hydrogens (tertiary/aromatic N) is 2. The van der Waals surface area contributed by atoms with Crippen molar-refractivity contribution in [2.24, 2.45) is 0 Å². The van der Waals surface area contributed by atoms with E-state index in [2.05, 4.69) is 24.1 Å². The molecule has 1 aromatic rings. The summed E-state index contributed by atoms with van der Waals surface area (Å²) in [6.45, 7) is 6.14. The third kappa shape index (κ3) is 3.70. The monoisotopic (exact) mass is 324 g/mol. The molecule has 1 saturated heterocycles. The first kappa shape index (κ1) is 16.4. The molecule has 5 heteroatoms. The van der Waals surface area contributed by atoms with Gasteiger partial charge in [-0.25, -0.2) is 4.98 Å². The second-order valence-corrected chi connectivity index (χ2v) is 7.75. The van der Waals surface area contributed by atoms with Crippen molar-refractivity contribution in [3.8, 4) is 0 Å². The molecular weight excluding hydrogens is 296 g/mol. The maximum absolute atomic E-state index is 10.4. The molecule has 1 aliphatic heterocycles. The van der Waals surface area contributed by atoms with Crippen molar-refractivity contribution >= 4 is 11.3 Å². The zero-order valence-corrected chi connectivity index (χ0v) is 14.5. The number of aliphatic hydroxyl groups is 1. The summed E-state index contributed by atoms with van der Waals surface area (Å²) < 4.78 is 5.73. The van der Waals surface area contributed by atoms with Crippen molar-refractivity contribution in [2.45, 2.75) is 83.2 Å². The summed E-state index contributed by atoms with van der Waals surface area (Å²) in [6.07, 6.45) is 6.69. The van der Waals surface area contributed by atoms with Gasteiger partial charge in [0.05, 0.1) is 11.8 Å². The number of aliphatic hydroxyl groups excluding tert-OH is 1. The Labute approximate surface area is 137 Å². The van der Waals surface area contributed by atoms with E-state index in [0.717, 1.165) is 56.0 Å². The molecule has 2 aliphatic rings. The molecule has 1 aliphatic carbocycles. The quantitative estimate of drug-likeness (QED) is 0.900. The van der Waals surface area contributed by atoms with Crippen molar-refractivity contribution in [2.75, 3.05) is 6.61 Å². The molecule has 124 valence electrons. The second kappa shape index (κ2) is 7.39. The predicted molar refractivity (Wildman–Crippen MR) is 89.0 cm³/mol. The molecule has 0 spiro atoms. The maximum Gasteiger partial charge on any atom is 0.122 e. The lowest BCUT2D eigenvalue weighted by atomic mass is 9.90. The van der Waals surface area contributed by atoms with E-state index in [-0.39, 0.29) is 18.2 Å². The number of aromatic nitrogens is 1. The van der Waals surface area contributed by atoms with Crippen LogP contribution in [0.4, 0.5) is 0 Å². The van der Waals surface area contributed by atoms with E-state index in [1.165, 1.54) is 6.42 Å². The Morgan fingerprint density at radius 3 is 2.82 bits per heavy atom. The van der Waals surface area contributed by atoms with Crippen LogP contribution in [-0.4, -0.2) is 39.8 Å². The highest BCUT2D eigenvalue weighted by atomic mass is 32.1. The molecule has 0 bridgehead atoms. The highest BCUT2D eigenvalue weighted by Gasteiger charge is 2.31. The lowest BCUT2D eigenvalue weighted by molar-refractivity contribution is -0.000194. The zero-order chi connectivity index (χ0) is 15.5. The molecule has 1 aromatic heterocycles. The molecule has 3 rings (SSSR count). The molecule has 2 heterocycles. The first-order valence-electron chi connectivity index (χ1n) is 8.65. The number of ether oxygens (including phenoxy) is 1. The van der Waals surface area contributed by atoms with Crippen LogP contribution in [0.1, 0.15) is 69.2 Å². The smallest absolute Gasteiger partial charge is 0.122 e. The first-order valence-corrected chi connectivity index (χ1v) is 9.53. The normalized spacial score (nSPS) is 29.6. The Bertz CT molecular complexity index is 471. The molecule has 0 amide bonds. The van der Waals surface area contributed by atoms with Crippen LogP contribution in [0.3, 0.4) is 0 Å². The Morgan fingerprint density at radius 2 is 2.14 bits per heavy atom. The summed E-state index contributed by atoms with van der Waals surface area (Å²) in [4.78, 5) is 7.23. The Balaban J connectivity index is 1.68. The van der Waals surface area contributed by atoms with Crippen molar-refractivity contribution in [1.82, 2.24) is 9.88 Å². The summed E-state index contributed by atoms with van der Waals surface area (Å²) in [6, 6.07) is 0.701. The average molecular weight is 324 g/mol. The van der Waals surface area contributed by atoms with Crippen LogP contribution in [0.5, 0.6) is 0 Å². The molecule has 1 N–H and O–H groups in total. The van der Waals surface area contributed by atoms with E-state index in [4.69, 9.17) is 9.72 Å². The van der Waals surface area contributed by atoms with E-state index in [0.29, 0.717) is 6.04 Å². The van der Waals surface area contributed by atoms with Crippen LogP contribution < -0.4 is 0 Å². The average Bonchev–Trinajstić information content (AvgIpc) is 3.16. The SMILES string of the molecule is CC(C)N(Cc1csc([C@@H]2CCCO2)n1)[C@@H]1CCCC[C@H]1O. The van der Waals surface area contributed by atoms with Gasteiger partial charge in [0.15, 0.2) is 0 Å². The van der Waals surface area contributed by atoms with Gasteiger partial charge in [-0.15, -0.1) is 11.3 Å². The van der Waals surface area contributed by atoms with Gasteiger partial charge in [0.1, 0.15) is 11.1 Å². The van der Waals surface area contributed by atoms with E-state index >= 15 is 0 Å². The van der Waals surface area contributed by atoms with Crippen LogP contribution in [0.2, 0.25) is 0 Å². The van der Waals surface area contributed by atoms with Gasteiger partial charge in [0, 0.05) is 30.6 Å². The van der Waals surface area contributed by atoms with Crippen molar-refractivity contribution in [3.05, 3.63) is 16.1 Å².